The van der Waals surface area contributed by atoms with E-state index < -0.39 is 29.6 Å². The zero-order valence-electron chi connectivity index (χ0n) is 24.0. The van der Waals surface area contributed by atoms with Gasteiger partial charge in [-0.15, -0.1) is 5.10 Å². The summed E-state index contributed by atoms with van der Waals surface area (Å²) in [4.78, 5) is 43.2. The highest BCUT2D eigenvalue weighted by molar-refractivity contribution is 6.31. The molecular formula is C31H29ClFN9O3. The molecular weight excluding hydrogens is 601 g/mol. The quantitative estimate of drug-likeness (QED) is 0.264. The van der Waals surface area contributed by atoms with Gasteiger partial charge in [-0.2, -0.15) is 4.68 Å². The Bertz CT molecular complexity index is 1770. The molecule has 0 bridgehead atoms. The number of hydrogen-bond donors (Lipinski definition) is 3. The molecule has 230 valence electrons. The van der Waals surface area contributed by atoms with Gasteiger partial charge in [-0.05, 0) is 70.4 Å². The smallest absolute Gasteiger partial charge is 0.251 e. The van der Waals surface area contributed by atoms with E-state index in [-0.39, 0.29) is 17.3 Å². The maximum atomic E-state index is 14.3. The van der Waals surface area contributed by atoms with Crippen molar-refractivity contribution in [2.75, 3.05) is 42.9 Å². The predicted octanol–water partition coefficient (Wildman–Crippen LogP) is 2.74. The Morgan fingerprint density at radius 3 is 2.53 bits per heavy atom. The fourth-order valence-corrected chi connectivity index (χ4v) is 5.88. The SMILES string of the molecule is NC(=O)c1ccc(NC(=O)C2c3cccc(N4CCNCC4)c3CCN2C(=O)/C=C/c2cc(Cl)c(F)cc2-n2cnnn2)cc1. The summed E-state index contributed by atoms with van der Waals surface area (Å²) in [5.74, 6) is -2.09. The molecule has 3 heterocycles. The molecule has 14 heteroatoms. The van der Waals surface area contributed by atoms with Gasteiger partial charge < -0.3 is 26.2 Å². The van der Waals surface area contributed by atoms with Crippen molar-refractivity contribution in [3.05, 3.63) is 100 Å². The Labute approximate surface area is 262 Å². The number of aromatic nitrogens is 4. The molecule has 6 rings (SSSR count). The van der Waals surface area contributed by atoms with Crippen molar-refractivity contribution in [1.82, 2.24) is 30.4 Å². The zero-order valence-corrected chi connectivity index (χ0v) is 24.7. The number of anilines is 2. The highest BCUT2D eigenvalue weighted by Crippen LogP contribution is 2.37. The molecule has 0 radical (unpaired) electrons. The number of benzene rings is 3. The lowest BCUT2D eigenvalue weighted by atomic mass is 9.89. The van der Waals surface area contributed by atoms with E-state index in [9.17, 15) is 18.8 Å². The molecule has 1 atom stereocenters. The van der Waals surface area contributed by atoms with Crippen LogP contribution in [0.5, 0.6) is 0 Å². The maximum absolute atomic E-state index is 14.3. The first-order valence-corrected chi connectivity index (χ1v) is 14.7. The monoisotopic (exact) mass is 629 g/mol. The number of primary amides is 1. The topological polar surface area (TPSA) is 151 Å². The number of carbonyl (C=O) groups is 3. The molecule has 3 amide bonds. The van der Waals surface area contributed by atoms with Crippen molar-refractivity contribution in [2.45, 2.75) is 12.5 Å². The summed E-state index contributed by atoms with van der Waals surface area (Å²) in [7, 11) is 0. The third kappa shape index (κ3) is 6.26. The first-order chi connectivity index (χ1) is 21.8. The number of hydrogen-bond acceptors (Lipinski definition) is 8. The van der Waals surface area contributed by atoms with E-state index in [1.54, 1.807) is 12.1 Å². The molecule has 4 N–H and O–H groups in total. The van der Waals surface area contributed by atoms with Crippen molar-refractivity contribution in [1.29, 1.82) is 0 Å². The normalized spacial score (nSPS) is 16.4. The molecule has 0 saturated carbocycles. The van der Waals surface area contributed by atoms with Crippen molar-refractivity contribution in [3.63, 3.8) is 0 Å². The highest BCUT2D eigenvalue weighted by atomic mass is 35.5. The van der Waals surface area contributed by atoms with Gasteiger partial charge in [0.15, 0.2) is 0 Å². The number of amides is 3. The summed E-state index contributed by atoms with van der Waals surface area (Å²) in [6, 6.07) is 13.7. The zero-order chi connectivity index (χ0) is 31.5. The fourth-order valence-electron chi connectivity index (χ4n) is 5.71. The van der Waals surface area contributed by atoms with Crippen molar-refractivity contribution in [3.8, 4) is 5.69 Å². The number of tetrazole rings is 1. The summed E-state index contributed by atoms with van der Waals surface area (Å²) in [6.45, 7) is 3.64. The summed E-state index contributed by atoms with van der Waals surface area (Å²) < 4.78 is 15.6. The van der Waals surface area contributed by atoms with Gasteiger partial charge in [0.1, 0.15) is 18.2 Å². The minimum atomic E-state index is -0.958. The van der Waals surface area contributed by atoms with E-state index in [2.05, 4.69) is 37.1 Å². The standard InChI is InChI=1S/C31H29ClFN9O3/c32-24-16-20(27(17-25(24)33)42-18-36-38-39-42)6-9-28(43)41-13-10-22-23(2-1-3-26(22)40-14-11-35-12-15-40)29(41)31(45)37-21-7-4-19(5-8-21)30(34)44/h1-9,16-18,29,35H,10-15H2,(H2,34,44)(H,37,45)/b9-6+. The van der Waals surface area contributed by atoms with Crippen LogP contribution in [0.3, 0.4) is 0 Å². The average molecular weight is 630 g/mol. The predicted molar refractivity (Wildman–Crippen MR) is 166 cm³/mol. The van der Waals surface area contributed by atoms with Gasteiger partial charge in [0.05, 0.1) is 10.7 Å². The van der Waals surface area contributed by atoms with E-state index in [0.29, 0.717) is 23.2 Å². The van der Waals surface area contributed by atoms with Crippen molar-refractivity contribution < 1.29 is 18.8 Å². The Kier molecular flexibility index (Phi) is 8.54. The van der Waals surface area contributed by atoms with Crippen LogP contribution < -0.4 is 21.3 Å². The first kappa shape index (κ1) is 29.9. The number of carbonyl (C=O) groups excluding carboxylic acids is 3. The van der Waals surface area contributed by atoms with E-state index in [4.69, 9.17) is 17.3 Å². The summed E-state index contributed by atoms with van der Waals surface area (Å²) >= 11 is 6.06. The highest BCUT2D eigenvalue weighted by Gasteiger charge is 2.37. The van der Waals surface area contributed by atoms with Gasteiger partial charge >= 0.3 is 0 Å². The summed E-state index contributed by atoms with van der Waals surface area (Å²) in [5.41, 5.74) is 9.59. The van der Waals surface area contributed by atoms with Crippen LogP contribution in [0.2, 0.25) is 5.02 Å². The number of rotatable bonds is 7. The molecule has 0 spiro atoms. The molecule has 1 unspecified atom stereocenters. The Balaban J connectivity index is 1.34. The number of nitrogens with two attached hydrogens (primary N) is 1. The summed E-state index contributed by atoms with van der Waals surface area (Å²) in [6.07, 6.45) is 4.67. The van der Waals surface area contributed by atoms with Gasteiger partial charge in [-0.1, -0.05) is 23.7 Å². The van der Waals surface area contributed by atoms with E-state index in [1.807, 2.05) is 12.1 Å². The number of piperazine rings is 1. The Morgan fingerprint density at radius 2 is 1.82 bits per heavy atom. The average Bonchev–Trinajstić information content (AvgIpc) is 3.60. The number of halogens is 2. The van der Waals surface area contributed by atoms with Crippen LogP contribution in [-0.4, -0.2) is 75.6 Å². The molecule has 3 aromatic carbocycles. The first-order valence-electron chi connectivity index (χ1n) is 14.3. The molecule has 2 aliphatic heterocycles. The number of fused-ring (bicyclic) bond motifs is 1. The van der Waals surface area contributed by atoms with Crippen LogP contribution in [0.25, 0.3) is 11.8 Å². The largest absolute Gasteiger partial charge is 0.369 e. The molecule has 1 aromatic heterocycles. The minimum Gasteiger partial charge on any atom is -0.369 e. The molecule has 4 aromatic rings. The molecule has 2 aliphatic rings. The minimum absolute atomic E-state index is 0.133. The van der Waals surface area contributed by atoms with Gasteiger partial charge in [0.2, 0.25) is 11.8 Å². The van der Waals surface area contributed by atoms with E-state index in [0.717, 1.165) is 43.0 Å². The van der Waals surface area contributed by atoms with Crippen LogP contribution >= 0.6 is 11.6 Å². The van der Waals surface area contributed by atoms with Crippen LogP contribution in [0, 0.1) is 5.82 Å². The molecule has 1 fully saturated rings. The third-order valence-electron chi connectivity index (χ3n) is 7.89. The Hall–Kier alpha value is -5.14. The number of nitrogens with zero attached hydrogens (tertiary/aromatic N) is 6. The van der Waals surface area contributed by atoms with E-state index in [1.165, 1.54) is 52.3 Å². The van der Waals surface area contributed by atoms with Crippen LogP contribution in [0.4, 0.5) is 15.8 Å². The lowest BCUT2D eigenvalue weighted by Gasteiger charge is -2.39. The lowest BCUT2D eigenvalue weighted by molar-refractivity contribution is -0.135. The van der Waals surface area contributed by atoms with Crippen LogP contribution in [-0.2, 0) is 16.0 Å². The van der Waals surface area contributed by atoms with Crippen molar-refractivity contribution in [2.24, 2.45) is 5.73 Å². The lowest BCUT2D eigenvalue weighted by Crippen LogP contribution is -2.47. The number of nitrogens with one attached hydrogen (secondary N) is 2. The second kappa shape index (κ2) is 12.8. The fraction of sp³-hybridized carbons (Fsp3) is 0.226. The van der Waals surface area contributed by atoms with Crippen LogP contribution in [0.1, 0.15) is 33.1 Å². The second-order valence-electron chi connectivity index (χ2n) is 10.6. The van der Waals surface area contributed by atoms with Gasteiger partial charge in [0.25, 0.3) is 5.91 Å². The molecule has 1 saturated heterocycles. The molecule has 45 heavy (non-hydrogen) atoms. The maximum Gasteiger partial charge on any atom is 0.251 e. The third-order valence-corrected chi connectivity index (χ3v) is 8.18. The van der Waals surface area contributed by atoms with E-state index >= 15 is 0 Å². The van der Waals surface area contributed by atoms with Crippen molar-refractivity contribution >= 4 is 46.8 Å². The van der Waals surface area contributed by atoms with Gasteiger partial charge in [-0.25, -0.2) is 4.39 Å². The molecule has 0 aliphatic carbocycles. The Morgan fingerprint density at radius 1 is 1.04 bits per heavy atom. The van der Waals surface area contributed by atoms with Gasteiger partial charge in [-0.3, -0.25) is 14.4 Å². The second-order valence-corrected chi connectivity index (χ2v) is 11.0. The van der Waals surface area contributed by atoms with Crippen LogP contribution in [0.15, 0.2) is 67.0 Å². The van der Waals surface area contributed by atoms with Gasteiger partial charge in [0, 0.05) is 67.4 Å². The summed E-state index contributed by atoms with van der Waals surface area (Å²) in [5, 5.41) is 17.2. The molecule has 12 nitrogen and oxygen atoms in total.